The molecular weight excluding hydrogens is 370 g/mol. The quantitative estimate of drug-likeness (QED) is 0.589. The third kappa shape index (κ3) is 4.88. The molecule has 0 radical (unpaired) electrons. The van der Waals surface area contributed by atoms with Gasteiger partial charge in [-0.15, -0.1) is 0 Å². The Hall–Kier alpha value is -3.03. The van der Waals surface area contributed by atoms with E-state index in [2.05, 4.69) is 20.3 Å². The lowest BCUT2D eigenvalue weighted by molar-refractivity contribution is -0.122. The van der Waals surface area contributed by atoms with Gasteiger partial charge in [-0.25, -0.2) is 0 Å². The van der Waals surface area contributed by atoms with Crippen LogP contribution in [0.1, 0.15) is 25.7 Å². The van der Waals surface area contributed by atoms with Crippen LogP contribution in [-0.4, -0.2) is 47.4 Å². The topological polar surface area (TPSA) is 85.4 Å². The van der Waals surface area contributed by atoms with Crippen LogP contribution in [0, 0.1) is 5.92 Å². The minimum Gasteiger partial charge on any atom is -0.497 e. The van der Waals surface area contributed by atoms with Gasteiger partial charge < -0.3 is 19.4 Å². The zero-order chi connectivity index (χ0) is 20.1. The molecule has 1 aromatic carbocycles. The van der Waals surface area contributed by atoms with E-state index in [-0.39, 0.29) is 5.91 Å². The molecule has 0 bridgehead atoms. The number of hydrogen-bond acceptors (Lipinski definition) is 6. The molecule has 1 unspecified atom stereocenters. The maximum absolute atomic E-state index is 12.3. The molecule has 3 heterocycles. The molecule has 1 amide bonds. The van der Waals surface area contributed by atoms with E-state index in [0.717, 1.165) is 55.7 Å². The number of ether oxygens (including phenoxy) is 1. The van der Waals surface area contributed by atoms with Crippen molar-refractivity contribution in [1.82, 2.24) is 20.1 Å². The van der Waals surface area contributed by atoms with Gasteiger partial charge >= 0.3 is 0 Å². The zero-order valence-corrected chi connectivity index (χ0v) is 16.7. The van der Waals surface area contributed by atoms with E-state index < -0.39 is 0 Å². The lowest BCUT2D eigenvalue weighted by atomic mass is 9.94. The Labute approximate surface area is 169 Å². The predicted octanol–water partition coefficient (Wildman–Crippen LogP) is 2.85. The average Bonchev–Trinajstić information content (AvgIpc) is 3.40. The first-order valence-electron chi connectivity index (χ1n) is 10.1. The van der Waals surface area contributed by atoms with Crippen LogP contribution in [0.15, 0.2) is 41.1 Å². The van der Waals surface area contributed by atoms with Crippen LogP contribution >= 0.6 is 0 Å². The number of oxazole rings is 1. The minimum absolute atomic E-state index is 0.111. The fraction of sp³-hybridized carbons (Fsp3) is 0.476. The largest absolute Gasteiger partial charge is 0.497 e. The van der Waals surface area contributed by atoms with E-state index in [9.17, 15) is 4.79 Å². The van der Waals surface area contributed by atoms with Crippen LogP contribution in [0.4, 0.5) is 6.01 Å². The number of carbonyl (C=O) groups excluding carboxylic acids is 1. The molecule has 4 rings (SSSR count). The molecule has 29 heavy (non-hydrogen) atoms. The van der Waals surface area contributed by atoms with E-state index in [1.165, 1.54) is 0 Å². The molecule has 3 aromatic rings. The van der Waals surface area contributed by atoms with Gasteiger partial charge in [-0.3, -0.25) is 9.48 Å². The van der Waals surface area contributed by atoms with Crippen molar-refractivity contribution in [3.63, 3.8) is 0 Å². The normalized spacial score (nSPS) is 16.9. The summed E-state index contributed by atoms with van der Waals surface area (Å²) in [4.78, 5) is 19.1. The number of hydrogen-bond donors (Lipinski definition) is 1. The first kappa shape index (κ1) is 19.3. The van der Waals surface area contributed by atoms with Crippen molar-refractivity contribution in [2.24, 2.45) is 5.92 Å². The summed E-state index contributed by atoms with van der Waals surface area (Å²) >= 11 is 0. The third-order valence-electron chi connectivity index (χ3n) is 5.29. The van der Waals surface area contributed by atoms with Gasteiger partial charge in [0.25, 0.3) is 6.01 Å². The molecule has 1 fully saturated rings. The van der Waals surface area contributed by atoms with Crippen molar-refractivity contribution in [3.05, 3.63) is 36.7 Å². The molecule has 0 aliphatic carbocycles. The number of fused-ring (bicyclic) bond motifs is 1. The molecule has 0 spiro atoms. The monoisotopic (exact) mass is 397 g/mol. The standard InChI is InChI=1S/C21H27N5O3/c1-28-17-6-7-19-18(14-17)24-21(29-19)25-10-2-5-16(15-25)13-20(27)22-8-3-11-26-12-4-9-23-26/h4,6-7,9,12,14,16H,2-3,5,8,10-11,13,15H2,1H3,(H,22,27). The highest BCUT2D eigenvalue weighted by Crippen LogP contribution is 2.29. The van der Waals surface area contributed by atoms with Crippen LogP contribution in [0.25, 0.3) is 11.1 Å². The Morgan fingerprint density at radius 2 is 2.34 bits per heavy atom. The second-order valence-corrected chi connectivity index (χ2v) is 7.46. The molecule has 1 aliphatic rings. The van der Waals surface area contributed by atoms with E-state index in [4.69, 9.17) is 9.15 Å². The van der Waals surface area contributed by atoms with Gasteiger partial charge in [0.2, 0.25) is 5.91 Å². The van der Waals surface area contributed by atoms with Gasteiger partial charge in [0.15, 0.2) is 5.58 Å². The molecule has 1 aliphatic heterocycles. The van der Waals surface area contributed by atoms with Crippen LogP contribution < -0.4 is 15.0 Å². The summed E-state index contributed by atoms with van der Waals surface area (Å²) in [5.41, 5.74) is 1.54. The molecule has 8 heteroatoms. The van der Waals surface area contributed by atoms with Gasteiger partial charge in [-0.05, 0) is 43.4 Å². The van der Waals surface area contributed by atoms with Crippen LogP contribution in [0.5, 0.6) is 5.75 Å². The second-order valence-electron chi connectivity index (χ2n) is 7.46. The van der Waals surface area contributed by atoms with Crippen molar-refractivity contribution in [2.45, 2.75) is 32.2 Å². The van der Waals surface area contributed by atoms with E-state index in [1.807, 2.05) is 35.1 Å². The molecule has 8 nitrogen and oxygen atoms in total. The zero-order valence-electron chi connectivity index (χ0n) is 16.7. The van der Waals surface area contributed by atoms with Gasteiger partial charge in [0.1, 0.15) is 11.3 Å². The fourth-order valence-corrected chi connectivity index (χ4v) is 3.80. The number of benzene rings is 1. The number of nitrogens with zero attached hydrogens (tertiary/aromatic N) is 4. The van der Waals surface area contributed by atoms with Crippen LogP contribution in [0.2, 0.25) is 0 Å². The van der Waals surface area contributed by atoms with Gasteiger partial charge in [-0.2, -0.15) is 10.1 Å². The first-order valence-corrected chi connectivity index (χ1v) is 10.1. The van der Waals surface area contributed by atoms with Crippen LogP contribution in [0.3, 0.4) is 0 Å². The molecule has 2 aromatic heterocycles. The van der Waals surface area contributed by atoms with Crippen molar-refractivity contribution < 1.29 is 13.9 Å². The van der Waals surface area contributed by atoms with Gasteiger partial charge in [0.05, 0.1) is 7.11 Å². The van der Waals surface area contributed by atoms with E-state index in [0.29, 0.717) is 24.9 Å². The Morgan fingerprint density at radius 3 is 3.17 bits per heavy atom. The Morgan fingerprint density at radius 1 is 1.41 bits per heavy atom. The molecule has 1 N–H and O–H groups in total. The number of nitrogens with one attached hydrogen (secondary N) is 1. The molecule has 1 saturated heterocycles. The van der Waals surface area contributed by atoms with E-state index >= 15 is 0 Å². The maximum atomic E-state index is 12.3. The highest BCUT2D eigenvalue weighted by Gasteiger charge is 2.25. The summed E-state index contributed by atoms with van der Waals surface area (Å²) < 4.78 is 13.1. The van der Waals surface area contributed by atoms with Crippen molar-refractivity contribution >= 4 is 23.0 Å². The first-order chi connectivity index (χ1) is 14.2. The van der Waals surface area contributed by atoms with Crippen LogP contribution in [-0.2, 0) is 11.3 Å². The summed E-state index contributed by atoms with van der Waals surface area (Å²) in [5, 5.41) is 7.20. The van der Waals surface area contributed by atoms with Gasteiger partial charge in [-0.1, -0.05) is 0 Å². The summed E-state index contributed by atoms with van der Waals surface area (Å²) in [6.45, 7) is 3.16. The number of carbonyl (C=O) groups is 1. The van der Waals surface area contributed by atoms with E-state index in [1.54, 1.807) is 13.3 Å². The summed E-state index contributed by atoms with van der Waals surface area (Å²) in [5.74, 6) is 1.18. The lowest BCUT2D eigenvalue weighted by Crippen LogP contribution is -2.38. The van der Waals surface area contributed by atoms with Crippen molar-refractivity contribution in [3.8, 4) is 5.75 Å². The van der Waals surface area contributed by atoms with Gasteiger partial charge in [0, 0.05) is 51.1 Å². The lowest BCUT2D eigenvalue weighted by Gasteiger charge is -2.31. The second kappa shape index (κ2) is 8.98. The SMILES string of the molecule is COc1ccc2oc(N3CCCC(CC(=O)NCCCn4cccn4)C3)nc2c1. The number of piperidine rings is 1. The number of aryl methyl sites for hydroxylation is 1. The Bertz CT molecular complexity index is 937. The number of anilines is 1. The smallest absolute Gasteiger partial charge is 0.298 e. The Balaban J connectivity index is 1.27. The number of methoxy groups -OCH3 is 1. The fourth-order valence-electron chi connectivity index (χ4n) is 3.80. The number of rotatable bonds is 8. The maximum Gasteiger partial charge on any atom is 0.298 e. The molecule has 0 saturated carbocycles. The number of amides is 1. The predicted molar refractivity (Wildman–Crippen MR) is 110 cm³/mol. The van der Waals surface area contributed by atoms with Crippen molar-refractivity contribution in [1.29, 1.82) is 0 Å². The Kier molecular flexibility index (Phi) is 5.97. The minimum atomic E-state index is 0.111. The third-order valence-corrected chi connectivity index (χ3v) is 5.29. The molecular formula is C21H27N5O3. The summed E-state index contributed by atoms with van der Waals surface area (Å²) in [6, 6.07) is 8.15. The number of aromatic nitrogens is 3. The average molecular weight is 397 g/mol. The summed E-state index contributed by atoms with van der Waals surface area (Å²) in [6.07, 6.45) is 7.18. The summed E-state index contributed by atoms with van der Waals surface area (Å²) in [7, 11) is 1.64. The molecule has 1 atom stereocenters. The highest BCUT2D eigenvalue weighted by atomic mass is 16.5. The highest BCUT2D eigenvalue weighted by molar-refractivity contribution is 5.77. The molecule has 154 valence electrons. The van der Waals surface area contributed by atoms with Crippen molar-refractivity contribution in [2.75, 3.05) is 31.6 Å².